The number of carboxylic acid groups (broad SMARTS) is 1. The maximum absolute atomic E-state index is 14.4. The molecule has 7 rings (SSSR count). The molecule has 298 valence electrons. The molecule has 2 aliphatic rings. The van der Waals surface area contributed by atoms with Gasteiger partial charge >= 0.3 is 5.97 Å². The van der Waals surface area contributed by atoms with E-state index in [4.69, 9.17) is 9.47 Å². The largest absolute Gasteiger partial charge is 0.497 e. The Bertz CT molecular complexity index is 2160. The monoisotopic (exact) mass is 782 g/mol. The third-order valence-electron chi connectivity index (χ3n) is 9.93. The van der Waals surface area contributed by atoms with Crippen LogP contribution in [0.25, 0.3) is 11.1 Å². The van der Waals surface area contributed by atoms with Crippen LogP contribution in [-0.4, -0.2) is 72.6 Å². The van der Waals surface area contributed by atoms with Crippen LogP contribution >= 0.6 is 0 Å². The highest BCUT2D eigenvalue weighted by atomic mass is 16.5. The number of hydrogen-bond acceptors (Lipinski definition) is 7. The molecular weight excluding hydrogens is 737 g/mol. The van der Waals surface area contributed by atoms with Crippen molar-refractivity contribution in [1.29, 1.82) is 0 Å². The number of aryl methyl sites for hydroxylation is 1. The van der Waals surface area contributed by atoms with Crippen LogP contribution in [-0.2, 0) is 49.7 Å². The molecule has 0 saturated carbocycles. The van der Waals surface area contributed by atoms with Crippen LogP contribution < -0.4 is 30.7 Å². The van der Waals surface area contributed by atoms with Gasteiger partial charge in [-0.3, -0.25) is 19.2 Å². The first-order chi connectivity index (χ1) is 28.1. The van der Waals surface area contributed by atoms with E-state index >= 15 is 0 Å². The number of carboxylic acids is 1. The number of ether oxygens (including phenoxy) is 2. The van der Waals surface area contributed by atoms with Gasteiger partial charge in [-0.15, -0.1) is 0 Å². The summed E-state index contributed by atoms with van der Waals surface area (Å²) in [6.07, 6.45) is 0.605. The van der Waals surface area contributed by atoms with Crippen LogP contribution in [0.4, 0.5) is 0 Å². The lowest BCUT2D eigenvalue weighted by atomic mass is 9.98. The average Bonchev–Trinajstić information content (AvgIpc) is 3.24. The Kier molecular flexibility index (Phi) is 13.9. The van der Waals surface area contributed by atoms with Gasteiger partial charge in [-0.2, -0.15) is 0 Å². The van der Waals surface area contributed by atoms with E-state index in [2.05, 4.69) is 21.3 Å². The third kappa shape index (κ3) is 11.5. The van der Waals surface area contributed by atoms with Crippen molar-refractivity contribution in [2.45, 2.75) is 56.3 Å². The zero-order valence-electron chi connectivity index (χ0n) is 32.1. The Morgan fingerprint density at radius 3 is 1.76 bits per heavy atom. The van der Waals surface area contributed by atoms with Gasteiger partial charge in [-0.05, 0) is 70.5 Å². The topological polar surface area (TPSA) is 172 Å². The van der Waals surface area contributed by atoms with Crippen LogP contribution in [0.5, 0.6) is 11.5 Å². The fourth-order valence-electron chi connectivity index (χ4n) is 6.70. The molecule has 1 unspecified atom stereocenters. The van der Waals surface area contributed by atoms with Crippen molar-refractivity contribution in [3.05, 3.63) is 156 Å². The zero-order chi connectivity index (χ0) is 40.9. The van der Waals surface area contributed by atoms with E-state index in [0.717, 1.165) is 27.8 Å². The van der Waals surface area contributed by atoms with Gasteiger partial charge in [0.05, 0.1) is 7.11 Å². The molecule has 4 atom stereocenters. The number of nitrogens with one attached hydrogen (secondary N) is 4. The summed E-state index contributed by atoms with van der Waals surface area (Å²) in [7, 11) is 1.55. The third-order valence-corrected chi connectivity index (χ3v) is 9.93. The van der Waals surface area contributed by atoms with Gasteiger partial charge in [0, 0.05) is 19.3 Å². The SMILES string of the molecule is COc1ccc(CC2NC(=O)COc3ccc(cc3)C[C@@H](C(=O)O)NC(=O)[C@@H](CCc3ccccc3)NC(=O)[C@H](Cc3ccc(-c4ccccc4)cc3)NC2=O)cc1. The van der Waals surface area contributed by atoms with Crippen LogP contribution in [0.15, 0.2) is 133 Å². The number of methoxy groups -OCH3 is 1. The van der Waals surface area contributed by atoms with E-state index < -0.39 is 60.4 Å². The van der Waals surface area contributed by atoms with E-state index in [1.165, 1.54) is 0 Å². The number of hydrogen-bond donors (Lipinski definition) is 5. The number of carbonyl (C=O) groups excluding carboxylic acids is 4. The Labute approximate surface area is 337 Å². The predicted molar refractivity (Wildman–Crippen MR) is 218 cm³/mol. The smallest absolute Gasteiger partial charge is 0.326 e. The first-order valence-electron chi connectivity index (χ1n) is 19.1. The number of rotatable bonds is 10. The number of benzene rings is 5. The van der Waals surface area contributed by atoms with E-state index in [-0.39, 0.29) is 25.7 Å². The molecule has 0 fully saturated rings. The first kappa shape index (κ1) is 40.7. The molecule has 0 spiro atoms. The van der Waals surface area contributed by atoms with Crippen LogP contribution in [0, 0.1) is 0 Å². The summed E-state index contributed by atoms with van der Waals surface area (Å²) in [5.41, 5.74) is 4.93. The van der Waals surface area contributed by atoms with Crippen LogP contribution in [0.2, 0.25) is 0 Å². The summed E-state index contributed by atoms with van der Waals surface area (Å²) in [4.78, 5) is 68.4. The fourth-order valence-corrected chi connectivity index (χ4v) is 6.70. The molecule has 0 radical (unpaired) electrons. The minimum atomic E-state index is -1.32. The molecule has 5 aromatic rings. The van der Waals surface area contributed by atoms with Crippen molar-refractivity contribution in [2.75, 3.05) is 13.7 Å². The van der Waals surface area contributed by atoms with Gasteiger partial charge in [0.2, 0.25) is 17.7 Å². The fraction of sp³-hybridized carbons (Fsp3) is 0.239. The van der Waals surface area contributed by atoms with Crippen LogP contribution in [0.3, 0.4) is 0 Å². The molecule has 2 heterocycles. The first-order valence-corrected chi connectivity index (χ1v) is 19.1. The highest BCUT2D eigenvalue weighted by Crippen LogP contribution is 2.21. The molecular formula is C46H46N4O8. The lowest BCUT2D eigenvalue weighted by Crippen LogP contribution is -2.59. The number of carbonyl (C=O) groups is 5. The summed E-state index contributed by atoms with van der Waals surface area (Å²) in [6, 6.07) is 35.5. The summed E-state index contributed by atoms with van der Waals surface area (Å²) in [5.74, 6) is -2.84. The second-order valence-corrected chi connectivity index (χ2v) is 14.1. The van der Waals surface area contributed by atoms with E-state index in [1.807, 2.05) is 84.9 Å². The summed E-state index contributed by atoms with van der Waals surface area (Å²) in [6.45, 7) is -0.416. The quantitative estimate of drug-likeness (QED) is 0.130. The Hall–Kier alpha value is -6.95. The van der Waals surface area contributed by atoms with Gasteiger partial charge in [-0.1, -0.05) is 109 Å². The molecule has 0 aliphatic carbocycles. The normalized spacial score (nSPS) is 19.2. The van der Waals surface area contributed by atoms with E-state index in [1.54, 1.807) is 55.6 Å². The summed E-state index contributed by atoms with van der Waals surface area (Å²) < 4.78 is 11.0. The maximum Gasteiger partial charge on any atom is 0.326 e. The lowest BCUT2D eigenvalue weighted by Gasteiger charge is -2.26. The minimum absolute atomic E-state index is 0.0394. The molecule has 0 saturated heterocycles. The van der Waals surface area contributed by atoms with Crippen molar-refractivity contribution in [2.24, 2.45) is 0 Å². The van der Waals surface area contributed by atoms with Crippen LogP contribution in [0.1, 0.15) is 28.7 Å². The Balaban J connectivity index is 1.34. The van der Waals surface area contributed by atoms with Crippen molar-refractivity contribution in [3.8, 4) is 22.6 Å². The number of fused-ring (bicyclic) bond motifs is 16. The molecule has 5 aromatic carbocycles. The predicted octanol–water partition coefficient (Wildman–Crippen LogP) is 4.44. The second kappa shape index (κ2) is 19.8. The van der Waals surface area contributed by atoms with Crippen molar-refractivity contribution in [3.63, 3.8) is 0 Å². The Morgan fingerprint density at radius 2 is 1.16 bits per heavy atom. The van der Waals surface area contributed by atoms with E-state index in [9.17, 15) is 29.1 Å². The van der Waals surface area contributed by atoms with Crippen molar-refractivity contribution in [1.82, 2.24) is 21.3 Å². The van der Waals surface area contributed by atoms with Gasteiger partial charge in [0.15, 0.2) is 6.61 Å². The lowest BCUT2D eigenvalue weighted by molar-refractivity contribution is -0.142. The summed E-state index contributed by atoms with van der Waals surface area (Å²) in [5, 5.41) is 21.3. The molecule has 0 aromatic heterocycles. The highest BCUT2D eigenvalue weighted by Gasteiger charge is 2.32. The van der Waals surface area contributed by atoms with Gasteiger partial charge in [0.1, 0.15) is 35.7 Å². The molecule has 58 heavy (non-hydrogen) atoms. The summed E-state index contributed by atoms with van der Waals surface area (Å²) >= 11 is 0. The van der Waals surface area contributed by atoms with E-state index in [0.29, 0.717) is 23.5 Å². The van der Waals surface area contributed by atoms with Gasteiger partial charge < -0.3 is 35.8 Å². The Morgan fingerprint density at radius 1 is 0.621 bits per heavy atom. The maximum atomic E-state index is 14.4. The second-order valence-electron chi connectivity index (χ2n) is 14.1. The molecule has 4 amide bonds. The number of aliphatic carboxylic acids is 1. The average molecular weight is 783 g/mol. The highest BCUT2D eigenvalue weighted by molar-refractivity contribution is 5.95. The van der Waals surface area contributed by atoms with Crippen molar-refractivity contribution >= 4 is 29.6 Å². The molecule has 5 N–H and O–H groups in total. The zero-order valence-corrected chi connectivity index (χ0v) is 32.1. The van der Waals surface area contributed by atoms with Crippen molar-refractivity contribution < 1.29 is 38.6 Å². The molecule has 12 heteroatoms. The standard InChI is InChI=1S/C46H46N4O8/c1-57-36-21-14-32(15-22-36)26-39-44(53)49-40(27-31-12-19-35(20-13-31)34-10-6-3-7-11-34)45(54)48-38(25-18-30-8-4-2-5-9-30)43(52)50-41(46(55)56)28-33-16-23-37(24-17-33)58-29-42(51)47-39/h2-17,19-24,38-41H,18,25-29H2,1H3,(H,47,51)(H,48,54)(H,49,53)(H,50,52)(H,55,56)/t38-,39?,40+,41+/m1/s1. The minimum Gasteiger partial charge on any atom is -0.497 e. The molecule has 2 bridgehead atoms. The van der Waals surface area contributed by atoms with Gasteiger partial charge in [-0.25, -0.2) is 4.79 Å². The molecule has 2 aliphatic heterocycles. The molecule has 12 nitrogen and oxygen atoms in total. The van der Waals surface area contributed by atoms with Gasteiger partial charge in [0.25, 0.3) is 5.91 Å². The number of amides is 4.